The largest absolute Gasteiger partial charge is 0.451 e. The van der Waals surface area contributed by atoms with Crippen LogP contribution in [-0.4, -0.2) is 52.7 Å². The molecule has 0 bridgehead atoms. The minimum atomic E-state index is -4.28. The van der Waals surface area contributed by atoms with Crippen molar-refractivity contribution in [3.8, 4) is 0 Å². The van der Waals surface area contributed by atoms with Crippen LogP contribution in [0.1, 0.15) is 0 Å². The highest BCUT2D eigenvalue weighted by molar-refractivity contribution is 7.50. The summed E-state index contributed by atoms with van der Waals surface area (Å²) in [6.07, 6.45) is 0. The van der Waals surface area contributed by atoms with Crippen LogP contribution in [0.25, 0.3) is 0 Å². The molecular formula is C5H12N3O3P. The van der Waals surface area contributed by atoms with Crippen LogP contribution in [0.2, 0.25) is 0 Å². The Morgan fingerprint density at radius 3 is 2.08 bits per heavy atom. The van der Waals surface area contributed by atoms with E-state index >= 15 is 0 Å². The molecule has 0 radical (unpaired) electrons. The van der Waals surface area contributed by atoms with E-state index in [9.17, 15) is 4.57 Å². The molecule has 1 fully saturated rings. The molecule has 7 heteroatoms. The Hall–Kier alpha value is -0.580. The van der Waals surface area contributed by atoms with Crippen molar-refractivity contribution in [1.82, 2.24) is 9.80 Å². The zero-order chi connectivity index (χ0) is 9.35. The SMILES string of the molecule is CN1CCN(C)C1=NP(=O)(O)O. The lowest BCUT2D eigenvalue weighted by atomic mass is 10.6. The van der Waals surface area contributed by atoms with E-state index in [4.69, 9.17) is 9.79 Å². The fourth-order valence-corrected chi connectivity index (χ4v) is 1.60. The quantitative estimate of drug-likeness (QED) is 0.539. The van der Waals surface area contributed by atoms with E-state index in [1.165, 1.54) is 0 Å². The number of nitrogens with zero attached hydrogens (tertiary/aromatic N) is 3. The molecule has 0 spiro atoms. The third kappa shape index (κ3) is 2.20. The summed E-state index contributed by atoms with van der Waals surface area (Å²) < 4.78 is 13.8. The van der Waals surface area contributed by atoms with Gasteiger partial charge in [-0.2, -0.15) is 0 Å². The van der Waals surface area contributed by atoms with Gasteiger partial charge < -0.3 is 19.6 Å². The Morgan fingerprint density at radius 1 is 1.33 bits per heavy atom. The van der Waals surface area contributed by atoms with Gasteiger partial charge in [0, 0.05) is 27.2 Å². The number of guanidine groups is 1. The first-order valence-corrected chi connectivity index (χ1v) is 5.05. The Kier molecular flexibility index (Phi) is 2.41. The highest BCUT2D eigenvalue weighted by Gasteiger charge is 2.23. The van der Waals surface area contributed by atoms with Crippen molar-refractivity contribution in [3.05, 3.63) is 0 Å². The van der Waals surface area contributed by atoms with Gasteiger partial charge in [0.2, 0.25) is 5.96 Å². The predicted molar refractivity (Wildman–Crippen MR) is 44.7 cm³/mol. The molecule has 0 unspecified atom stereocenters. The van der Waals surface area contributed by atoms with Crippen LogP contribution in [-0.2, 0) is 4.57 Å². The van der Waals surface area contributed by atoms with Gasteiger partial charge in [-0.1, -0.05) is 0 Å². The van der Waals surface area contributed by atoms with Crippen molar-refractivity contribution in [2.75, 3.05) is 27.2 Å². The van der Waals surface area contributed by atoms with Crippen LogP contribution >= 0.6 is 7.75 Å². The molecule has 12 heavy (non-hydrogen) atoms. The maximum atomic E-state index is 10.5. The van der Waals surface area contributed by atoms with Gasteiger partial charge in [0.1, 0.15) is 0 Å². The first kappa shape index (κ1) is 9.51. The van der Waals surface area contributed by atoms with Gasteiger partial charge in [-0.25, -0.2) is 4.57 Å². The van der Waals surface area contributed by atoms with Crippen molar-refractivity contribution >= 4 is 13.7 Å². The molecule has 6 nitrogen and oxygen atoms in total. The molecule has 0 aromatic carbocycles. The van der Waals surface area contributed by atoms with E-state index in [-0.39, 0.29) is 0 Å². The highest BCUT2D eigenvalue weighted by atomic mass is 31.2. The van der Waals surface area contributed by atoms with Crippen LogP contribution in [0.5, 0.6) is 0 Å². The number of hydrogen-bond acceptors (Lipinski definition) is 1. The van der Waals surface area contributed by atoms with Gasteiger partial charge in [0.15, 0.2) is 0 Å². The lowest BCUT2D eigenvalue weighted by Gasteiger charge is -2.15. The van der Waals surface area contributed by atoms with Crippen LogP contribution in [0.15, 0.2) is 4.76 Å². The smallest absolute Gasteiger partial charge is 0.344 e. The zero-order valence-electron chi connectivity index (χ0n) is 7.01. The highest BCUT2D eigenvalue weighted by Crippen LogP contribution is 2.37. The molecule has 0 amide bonds. The predicted octanol–water partition coefficient (Wildman–Crippen LogP) is -0.688. The van der Waals surface area contributed by atoms with Gasteiger partial charge in [-0.15, -0.1) is 4.76 Å². The van der Waals surface area contributed by atoms with Crippen LogP contribution in [0.3, 0.4) is 0 Å². The Labute approximate surface area is 70.7 Å². The van der Waals surface area contributed by atoms with Gasteiger partial charge in [-0.05, 0) is 0 Å². The lowest BCUT2D eigenvalue weighted by Crippen LogP contribution is -2.28. The Morgan fingerprint density at radius 2 is 1.75 bits per heavy atom. The summed E-state index contributed by atoms with van der Waals surface area (Å²) >= 11 is 0. The summed E-state index contributed by atoms with van der Waals surface area (Å²) in [4.78, 5) is 20.6. The molecule has 1 heterocycles. The monoisotopic (exact) mass is 193 g/mol. The maximum absolute atomic E-state index is 10.5. The molecule has 2 N–H and O–H groups in total. The van der Waals surface area contributed by atoms with Crippen LogP contribution in [0, 0.1) is 0 Å². The number of likely N-dealkylation sites (N-methyl/N-ethyl adjacent to an activating group) is 2. The van der Waals surface area contributed by atoms with Gasteiger partial charge in [0.25, 0.3) is 0 Å². The second-order valence-electron chi connectivity index (χ2n) is 2.76. The molecule has 1 rings (SSSR count). The summed E-state index contributed by atoms with van der Waals surface area (Å²) in [5.74, 6) is 0.350. The van der Waals surface area contributed by atoms with Crippen molar-refractivity contribution in [2.24, 2.45) is 4.76 Å². The minimum absolute atomic E-state index is 0.350. The average Bonchev–Trinajstić information content (AvgIpc) is 2.16. The standard InChI is InChI=1S/C5H12N3O3P/c1-7-3-4-8(2)5(7)6-12(9,10)11/h3-4H2,1-2H3,(H2,9,10,11). The molecule has 0 atom stereocenters. The van der Waals surface area contributed by atoms with E-state index in [1.807, 2.05) is 0 Å². The Balaban J connectivity index is 2.86. The molecule has 70 valence electrons. The lowest BCUT2D eigenvalue weighted by molar-refractivity contribution is 0.373. The maximum Gasteiger partial charge on any atom is 0.451 e. The van der Waals surface area contributed by atoms with Gasteiger partial charge >= 0.3 is 7.75 Å². The minimum Gasteiger partial charge on any atom is -0.344 e. The van der Waals surface area contributed by atoms with Gasteiger partial charge in [-0.3, -0.25) is 0 Å². The van der Waals surface area contributed by atoms with E-state index < -0.39 is 7.75 Å². The molecule has 0 aromatic heterocycles. The van der Waals surface area contributed by atoms with E-state index in [0.29, 0.717) is 5.96 Å². The number of rotatable bonds is 1. The topological polar surface area (TPSA) is 76.4 Å². The first-order chi connectivity index (χ1) is 5.40. The second kappa shape index (κ2) is 3.05. The fourth-order valence-electron chi connectivity index (χ4n) is 1.06. The normalized spacial score (nSPS) is 18.8. The molecule has 0 aliphatic carbocycles. The van der Waals surface area contributed by atoms with Crippen LogP contribution < -0.4 is 0 Å². The van der Waals surface area contributed by atoms with Crippen molar-refractivity contribution in [2.45, 2.75) is 0 Å². The van der Waals surface area contributed by atoms with E-state index in [0.717, 1.165) is 13.1 Å². The van der Waals surface area contributed by atoms with Gasteiger partial charge in [0.05, 0.1) is 0 Å². The van der Waals surface area contributed by atoms with Crippen molar-refractivity contribution < 1.29 is 14.4 Å². The van der Waals surface area contributed by atoms with Crippen molar-refractivity contribution in [3.63, 3.8) is 0 Å². The summed E-state index contributed by atoms with van der Waals surface area (Å²) in [5, 5.41) is 0. The second-order valence-corrected chi connectivity index (χ2v) is 3.98. The van der Waals surface area contributed by atoms with E-state index in [1.54, 1.807) is 23.9 Å². The summed E-state index contributed by atoms with van der Waals surface area (Å²) in [5.41, 5.74) is 0. The molecule has 0 aromatic rings. The summed E-state index contributed by atoms with van der Waals surface area (Å²) in [7, 11) is -0.789. The third-order valence-electron chi connectivity index (χ3n) is 1.67. The first-order valence-electron chi connectivity index (χ1n) is 3.48. The zero-order valence-corrected chi connectivity index (χ0v) is 7.90. The van der Waals surface area contributed by atoms with Crippen LogP contribution in [0.4, 0.5) is 0 Å². The molecule has 1 aliphatic heterocycles. The summed E-state index contributed by atoms with van der Waals surface area (Å²) in [6.45, 7) is 1.49. The molecule has 0 saturated carbocycles. The Bertz CT molecular complexity index is 236. The summed E-state index contributed by atoms with van der Waals surface area (Å²) in [6, 6.07) is 0. The third-order valence-corrected chi connectivity index (χ3v) is 2.11. The fraction of sp³-hybridized carbons (Fsp3) is 0.800. The molecular weight excluding hydrogens is 181 g/mol. The van der Waals surface area contributed by atoms with E-state index in [2.05, 4.69) is 4.76 Å². The molecule has 1 aliphatic rings. The number of hydrogen-bond donors (Lipinski definition) is 2. The average molecular weight is 193 g/mol. The molecule has 1 saturated heterocycles. The van der Waals surface area contributed by atoms with Crippen molar-refractivity contribution in [1.29, 1.82) is 0 Å².